The van der Waals surface area contributed by atoms with Crippen molar-refractivity contribution in [2.24, 2.45) is 5.92 Å². The molecule has 1 saturated heterocycles. The number of piperidine rings is 1. The lowest BCUT2D eigenvalue weighted by atomic mass is 9.81. The molecule has 1 aromatic heterocycles. The predicted octanol–water partition coefficient (Wildman–Crippen LogP) is 2.10. The first-order chi connectivity index (χ1) is 6.79. The SMILES string of the molecule is Cc1ccncc1C1CCNCC1C. The fraction of sp³-hybridized carbons (Fsp3) is 0.583. The van der Waals surface area contributed by atoms with Gasteiger partial charge in [-0.15, -0.1) is 0 Å². The van der Waals surface area contributed by atoms with Crippen molar-refractivity contribution in [1.29, 1.82) is 0 Å². The molecule has 0 aromatic carbocycles. The summed E-state index contributed by atoms with van der Waals surface area (Å²) in [6.07, 6.45) is 5.17. The quantitative estimate of drug-likeness (QED) is 0.733. The minimum absolute atomic E-state index is 0.699. The zero-order valence-electron chi connectivity index (χ0n) is 8.96. The maximum atomic E-state index is 4.23. The number of nitrogens with one attached hydrogen (secondary N) is 1. The van der Waals surface area contributed by atoms with Crippen LogP contribution in [-0.2, 0) is 0 Å². The Morgan fingerprint density at radius 1 is 1.50 bits per heavy atom. The summed E-state index contributed by atoms with van der Waals surface area (Å²) in [5.41, 5.74) is 2.83. The van der Waals surface area contributed by atoms with Crippen molar-refractivity contribution in [3.8, 4) is 0 Å². The monoisotopic (exact) mass is 190 g/mol. The maximum absolute atomic E-state index is 4.23. The van der Waals surface area contributed by atoms with Crippen LogP contribution in [0.25, 0.3) is 0 Å². The molecular weight excluding hydrogens is 172 g/mol. The first-order valence-corrected chi connectivity index (χ1v) is 5.40. The molecule has 1 N–H and O–H groups in total. The molecule has 2 heteroatoms. The van der Waals surface area contributed by atoms with Gasteiger partial charge in [-0.2, -0.15) is 0 Å². The van der Waals surface area contributed by atoms with E-state index >= 15 is 0 Å². The average molecular weight is 190 g/mol. The molecule has 14 heavy (non-hydrogen) atoms. The second-order valence-electron chi connectivity index (χ2n) is 4.31. The van der Waals surface area contributed by atoms with Gasteiger partial charge in [-0.3, -0.25) is 4.98 Å². The first-order valence-electron chi connectivity index (χ1n) is 5.40. The van der Waals surface area contributed by atoms with E-state index in [4.69, 9.17) is 0 Å². The molecule has 0 bridgehead atoms. The Bertz CT molecular complexity index is 309. The molecule has 0 aliphatic carbocycles. The molecule has 2 heterocycles. The lowest BCUT2D eigenvalue weighted by Crippen LogP contribution is -2.34. The lowest BCUT2D eigenvalue weighted by molar-refractivity contribution is 0.348. The summed E-state index contributed by atoms with van der Waals surface area (Å²) in [4.78, 5) is 4.23. The third-order valence-corrected chi connectivity index (χ3v) is 3.26. The van der Waals surface area contributed by atoms with Crippen molar-refractivity contribution in [3.05, 3.63) is 29.6 Å². The van der Waals surface area contributed by atoms with Gasteiger partial charge >= 0.3 is 0 Å². The Balaban J connectivity index is 2.25. The highest BCUT2D eigenvalue weighted by Crippen LogP contribution is 2.31. The predicted molar refractivity (Wildman–Crippen MR) is 58.4 cm³/mol. The zero-order chi connectivity index (χ0) is 9.97. The number of nitrogens with zero attached hydrogens (tertiary/aromatic N) is 1. The van der Waals surface area contributed by atoms with Crippen LogP contribution >= 0.6 is 0 Å². The maximum Gasteiger partial charge on any atom is 0.0305 e. The summed E-state index contributed by atoms with van der Waals surface area (Å²) in [6.45, 7) is 6.79. The molecule has 76 valence electrons. The standard InChI is InChI=1S/C12H18N2/c1-9-3-5-14-8-12(9)11-4-6-13-7-10(11)2/h3,5,8,10-11,13H,4,6-7H2,1-2H3. The van der Waals surface area contributed by atoms with Gasteiger partial charge in [0.2, 0.25) is 0 Å². The third kappa shape index (κ3) is 1.80. The summed E-state index contributed by atoms with van der Waals surface area (Å²) >= 11 is 0. The summed E-state index contributed by atoms with van der Waals surface area (Å²) in [5.74, 6) is 1.43. The number of aromatic nitrogens is 1. The van der Waals surface area contributed by atoms with Crippen molar-refractivity contribution in [2.75, 3.05) is 13.1 Å². The fourth-order valence-corrected chi connectivity index (χ4v) is 2.34. The fourth-order valence-electron chi connectivity index (χ4n) is 2.34. The molecule has 2 unspecified atom stereocenters. The molecular formula is C12H18N2. The van der Waals surface area contributed by atoms with Crippen LogP contribution in [-0.4, -0.2) is 18.1 Å². The highest BCUT2D eigenvalue weighted by molar-refractivity contribution is 5.26. The van der Waals surface area contributed by atoms with Crippen LogP contribution in [0.1, 0.15) is 30.4 Å². The van der Waals surface area contributed by atoms with Gasteiger partial charge in [-0.05, 0) is 55.5 Å². The van der Waals surface area contributed by atoms with Crippen LogP contribution < -0.4 is 5.32 Å². The lowest BCUT2D eigenvalue weighted by Gasteiger charge is -2.30. The molecule has 1 aliphatic heterocycles. The molecule has 1 aromatic rings. The molecule has 2 nitrogen and oxygen atoms in total. The average Bonchev–Trinajstić information content (AvgIpc) is 2.20. The normalized spacial score (nSPS) is 27.6. The van der Waals surface area contributed by atoms with Crippen molar-refractivity contribution >= 4 is 0 Å². The highest BCUT2D eigenvalue weighted by atomic mass is 14.9. The van der Waals surface area contributed by atoms with E-state index in [9.17, 15) is 0 Å². The summed E-state index contributed by atoms with van der Waals surface area (Å²) < 4.78 is 0. The molecule has 2 rings (SSSR count). The van der Waals surface area contributed by atoms with Crippen molar-refractivity contribution < 1.29 is 0 Å². The van der Waals surface area contributed by atoms with Crippen LogP contribution in [0.4, 0.5) is 0 Å². The van der Waals surface area contributed by atoms with E-state index in [0.717, 1.165) is 19.0 Å². The van der Waals surface area contributed by atoms with Gasteiger partial charge in [0.15, 0.2) is 0 Å². The van der Waals surface area contributed by atoms with E-state index in [1.54, 1.807) is 0 Å². The zero-order valence-corrected chi connectivity index (χ0v) is 8.96. The van der Waals surface area contributed by atoms with Crippen molar-refractivity contribution in [1.82, 2.24) is 10.3 Å². The van der Waals surface area contributed by atoms with Crippen LogP contribution in [0.2, 0.25) is 0 Å². The first kappa shape index (κ1) is 9.66. The minimum atomic E-state index is 0.699. The van der Waals surface area contributed by atoms with Gasteiger partial charge in [-0.25, -0.2) is 0 Å². The molecule has 0 radical (unpaired) electrons. The highest BCUT2D eigenvalue weighted by Gasteiger charge is 2.23. The Hall–Kier alpha value is -0.890. The second kappa shape index (κ2) is 4.09. The van der Waals surface area contributed by atoms with E-state index in [0.29, 0.717) is 5.92 Å². The Labute approximate surface area is 85.7 Å². The largest absolute Gasteiger partial charge is 0.316 e. The van der Waals surface area contributed by atoms with Crippen LogP contribution in [0.15, 0.2) is 18.5 Å². The number of rotatable bonds is 1. The van der Waals surface area contributed by atoms with Gasteiger partial charge in [0.1, 0.15) is 0 Å². The van der Waals surface area contributed by atoms with Crippen LogP contribution in [0.5, 0.6) is 0 Å². The second-order valence-corrected chi connectivity index (χ2v) is 4.31. The van der Waals surface area contributed by atoms with Gasteiger partial charge in [-0.1, -0.05) is 6.92 Å². The molecule has 2 atom stereocenters. The van der Waals surface area contributed by atoms with Crippen LogP contribution in [0.3, 0.4) is 0 Å². The number of pyridine rings is 1. The van der Waals surface area contributed by atoms with E-state index in [1.165, 1.54) is 17.5 Å². The topological polar surface area (TPSA) is 24.9 Å². The molecule has 0 amide bonds. The van der Waals surface area contributed by atoms with Crippen LogP contribution in [0, 0.1) is 12.8 Å². The molecule has 1 aliphatic rings. The van der Waals surface area contributed by atoms with E-state index < -0.39 is 0 Å². The van der Waals surface area contributed by atoms with Crippen molar-refractivity contribution in [2.45, 2.75) is 26.2 Å². The summed E-state index contributed by atoms with van der Waals surface area (Å²) in [7, 11) is 0. The van der Waals surface area contributed by atoms with Gasteiger partial charge < -0.3 is 5.32 Å². The van der Waals surface area contributed by atoms with Gasteiger partial charge in [0.05, 0.1) is 0 Å². The van der Waals surface area contributed by atoms with Gasteiger partial charge in [0.25, 0.3) is 0 Å². The third-order valence-electron chi connectivity index (χ3n) is 3.26. The molecule has 1 fully saturated rings. The molecule has 0 spiro atoms. The van der Waals surface area contributed by atoms with Gasteiger partial charge in [0, 0.05) is 12.4 Å². The Morgan fingerprint density at radius 3 is 3.07 bits per heavy atom. The summed E-state index contributed by atoms with van der Waals surface area (Å²) in [6, 6.07) is 2.12. The number of hydrogen-bond acceptors (Lipinski definition) is 2. The number of aryl methyl sites for hydroxylation is 1. The smallest absolute Gasteiger partial charge is 0.0305 e. The van der Waals surface area contributed by atoms with E-state index in [-0.39, 0.29) is 0 Å². The van der Waals surface area contributed by atoms with Crippen molar-refractivity contribution in [3.63, 3.8) is 0 Å². The van der Waals surface area contributed by atoms with E-state index in [1.807, 2.05) is 12.4 Å². The Kier molecular flexibility index (Phi) is 2.82. The Morgan fingerprint density at radius 2 is 2.36 bits per heavy atom. The molecule has 0 saturated carbocycles. The summed E-state index contributed by atoms with van der Waals surface area (Å²) in [5, 5.41) is 3.43. The van der Waals surface area contributed by atoms with E-state index in [2.05, 4.69) is 30.2 Å². The minimum Gasteiger partial charge on any atom is -0.316 e. The number of hydrogen-bond donors (Lipinski definition) is 1.